The van der Waals surface area contributed by atoms with Crippen molar-refractivity contribution in [2.75, 3.05) is 4.90 Å². The molecular formula is C25H18BrFN2O3. The third-order valence-corrected chi connectivity index (χ3v) is 5.77. The number of anilines is 1. The molecule has 4 rings (SSSR count). The third kappa shape index (κ3) is 4.53. The van der Waals surface area contributed by atoms with E-state index in [2.05, 4.69) is 21.2 Å². The highest BCUT2D eigenvalue weighted by atomic mass is 79.9. The Bertz CT molecular complexity index is 1290. The first-order valence-corrected chi connectivity index (χ1v) is 10.6. The Hall–Kier alpha value is -3.58. The van der Waals surface area contributed by atoms with Gasteiger partial charge in [0.05, 0.1) is 5.69 Å². The van der Waals surface area contributed by atoms with E-state index < -0.39 is 17.8 Å². The molecule has 1 aliphatic rings. The minimum atomic E-state index is -0.783. The van der Waals surface area contributed by atoms with Crippen LogP contribution < -0.4 is 10.2 Å². The minimum absolute atomic E-state index is 0.143. The molecule has 160 valence electrons. The van der Waals surface area contributed by atoms with Crippen LogP contribution in [0, 0.1) is 12.7 Å². The van der Waals surface area contributed by atoms with E-state index >= 15 is 0 Å². The third-order valence-electron chi connectivity index (χ3n) is 5.03. The quantitative estimate of drug-likeness (QED) is 0.404. The van der Waals surface area contributed by atoms with Crippen LogP contribution in [0.2, 0.25) is 0 Å². The molecule has 0 radical (unpaired) electrons. The van der Waals surface area contributed by atoms with Crippen molar-refractivity contribution < 1.29 is 18.8 Å². The Morgan fingerprint density at radius 3 is 2.50 bits per heavy atom. The van der Waals surface area contributed by atoms with E-state index in [0.29, 0.717) is 17.7 Å². The highest BCUT2D eigenvalue weighted by molar-refractivity contribution is 9.10. The normalized spacial score (nSPS) is 15.3. The van der Waals surface area contributed by atoms with Gasteiger partial charge in [-0.2, -0.15) is 0 Å². The van der Waals surface area contributed by atoms with Crippen molar-refractivity contribution in [2.24, 2.45) is 0 Å². The van der Waals surface area contributed by atoms with Crippen LogP contribution in [-0.2, 0) is 16.0 Å². The molecule has 0 spiro atoms. The molecular weight excluding hydrogens is 475 g/mol. The maximum atomic E-state index is 13.5. The number of halogens is 2. The van der Waals surface area contributed by atoms with Crippen molar-refractivity contribution in [3.8, 4) is 0 Å². The maximum absolute atomic E-state index is 13.5. The number of barbiturate groups is 1. The largest absolute Gasteiger partial charge is 0.335 e. The Labute approximate surface area is 192 Å². The van der Waals surface area contributed by atoms with Gasteiger partial charge < -0.3 is 0 Å². The van der Waals surface area contributed by atoms with E-state index in [4.69, 9.17) is 0 Å². The molecule has 0 bridgehead atoms. The molecule has 0 aromatic heterocycles. The Kier molecular flexibility index (Phi) is 6.01. The predicted octanol–water partition coefficient (Wildman–Crippen LogP) is 5.15. The van der Waals surface area contributed by atoms with E-state index in [9.17, 15) is 18.8 Å². The zero-order valence-corrected chi connectivity index (χ0v) is 18.6. The summed E-state index contributed by atoms with van der Waals surface area (Å²) in [5.74, 6) is -1.73. The first kappa shape index (κ1) is 21.6. The Morgan fingerprint density at radius 1 is 1.00 bits per heavy atom. The molecule has 3 aromatic carbocycles. The fourth-order valence-corrected chi connectivity index (χ4v) is 4.03. The van der Waals surface area contributed by atoms with Crippen LogP contribution >= 0.6 is 15.9 Å². The molecule has 0 unspecified atom stereocenters. The predicted molar refractivity (Wildman–Crippen MR) is 124 cm³/mol. The van der Waals surface area contributed by atoms with Crippen molar-refractivity contribution in [2.45, 2.75) is 13.3 Å². The summed E-state index contributed by atoms with van der Waals surface area (Å²) in [4.78, 5) is 38.7. The summed E-state index contributed by atoms with van der Waals surface area (Å²) in [6.07, 6.45) is 1.97. The molecule has 32 heavy (non-hydrogen) atoms. The number of nitrogens with zero attached hydrogens (tertiary/aromatic N) is 1. The van der Waals surface area contributed by atoms with Crippen molar-refractivity contribution in [3.05, 3.63) is 105 Å². The number of aryl methyl sites for hydroxylation is 1. The van der Waals surface area contributed by atoms with Crippen LogP contribution in [0.3, 0.4) is 0 Å². The molecule has 0 atom stereocenters. The first-order valence-electron chi connectivity index (χ1n) is 9.83. The number of nitrogens with one attached hydrogen (secondary N) is 1. The number of rotatable bonds is 4. The van der Waals surface area contributed by atoms with Crippen molar-refractivity contribution in [3.63, 3.8) is 0 Å². The molecule has 1 heterocycles. The number of amides is 4. The smallest absolute Gasteiger partial charge is 0.273 e. The summed E-state index contributed by atoms with van der Waals surface area (Å²) in [6.45, 7) is 1.85. The van der Waals surface area contributed by atoms with Gasteiger partial charge in [0.15, 0.2) is 0 Å². The number of carbonyl (C=O) groups is 3. The number of imide groups is 2. The van der Waals surface area contributed by atoms with Crippen LogP contribution in [0.5, 0.6) is 0 Å². The van der Waals surface area contributed by atoms with Crippen LogP contribution in [0.25, 0.3) is 6.08 Å². The van der Waals surface area contributed by atoms with Gasteiger partial charge in [0.2, 0.25) is 0 Å². The van der Waals surface area contributed by atoms with Gasteiger partial charge in [-0.3, -0.25) is 14.9 Å². The van der Waals surface area contributed by atoms with Gasteiger partial charge >= 0.3 is 6.03 Å². The summed E-state index contributed by atoms with van der Waals surface area (Å²) in [6, 6.07) is 17.9. The van der Waals surface area contributed by atoms with Crippen molar-refractivity contribution >= 4 is 45.5 Å². The van der Waals surface area contributed by atoms with Crippen molar-refractivity contribution in [1.82, 2.24) is 5.32 Å². The molecule has 1 fully saturated rings. The summed E-state index contributed by atoms with van der Waals surface area (Å²) < 4.78 is 14.2. The monoisotopic (exact) mass is 492 g/mol. The second kappa shape index (κ2) is 8.88. The summed E-state index contributed by atoms with van der Waals surface area (Å²) >= 11 is 3.51. The number of hydrogen-bond donors (Lipinski definition) is 1. The first-order chi connectivity index (χ1) is 15.3. The summed E-state index contributed by atoms with van der Waals surface area (Å²) in [7, 11) is 0. The lowest BCUT2D eigenvalue weighted by Gasteiger charge is -2.26. The fourth-order valence-electron chi connectivity index (χ4n) is 3.49. The highest BCUT2D eigenvalue weighted by Gasteiger charge is 2.36. The van der Waals surface area contributed by atoms with Gasteiger partial charge in [-0.1, -0.05) is 52.3 Å². The van der Waals surface area contributed by atoms with Crippen LogP contribution in [0.15, 0.2) is 76.8 Å². The fraction of sp³-hybridized carbons (Fsp3) is 0.0800. The van der Waals surface area contributed by atoms with Gasteiger partial charge in [-0.15, -0.1) is 0 Å². The van der Waals surface area contributed by atoms with E-state index in [1.165, 1.54) is 18.2 Å². The minimum Gasteiger partial charge on any atom is -0.273 e. The van der Waals surface area contributed by atoms with Crippen LogP contribution in [0.1, 0.15) is 22.3 Å². The van der Waals surface area contributed by atoms with Gasteiger partial charge in [0, 0.05) is 4.47 Å². The lowest BCUT2D eigenvalue weighted by Crippen LogP contribution is -2.54. The highest BCUT2D eigenvalue weighted by Crippen LogP contribution is 2.26. The van der Waals surface area contributed by atoms with Crippen LogP contribution in [0.4, 0.5) is 14.9 Å². The molecule has 1 N–H and O–H groups in total. The SMILES string of the molecule is Cc1cccc(N2C(=O)NC(=O)/C(=C\c3ccc(Cc4cccc(F)c4)c(Br)c3)C2=O)c1. The number of benzene rings is 3. The van der Waals surface area contributed by atoms with Gasteiger partial charge in [-0.25, -0.2) is 14.1 Å². The van der Waals surface area contributed by atoms with Gasteiger partial charge in [0.25, 0.3) is 11.8 Å². The maximum Gasteiger partial charge on any atom is 0.335 e. The van der Waals surface area contributed by atoms with Gasteiger partial charge in [-0.05, 0) is 72.0 Å². The van der Waals surface area contributed by atoms with E-state index in [0.717, 1.165) is 26.1 Å². The van der Waals surface area contributed by atoms with Crippen molar-refractivity contribution in [1.29, 1.82) is 0 Å². The number of hydrogen-bond acceptors (Lipinski definition) is 3. The van der Waals surface area contributed by atoms with Gasteiger partial charge in [0.1, 0.15) is 11.4 Å². The number of carbonyl (C=O) groups excluding carboxylic acids is 3. The molecule has 7 heteroatoms. The molecule has 4 amide bonds. The standard InChI is InChI=1S/C25H18BrFN2O3/c1-15-4-2-7-20(10-15)29-24(31)21(23(30)28-25(29)32)13-17-8-9-18(22(26)14-17)11-16-5-3-6-19(27)12-16/h2-10,12-14H,11H2,1H3,(H,28,30,32)/b21-13+. The van der Waals surface area contributed by atoms with E-state index in [-0.39, 0.29) is 11.4 Å². The average Bonchev–Trinajstić information content (AvgIpc) is 2.73. The number of urea groups is 1. The molecule has 3 aromatic rings. The average molecular weight is 493 g/mol. The molecule has 0 aliphatic carbocycles. The Morgan fingerprint density at radius 2 is 1.78 bits per heavy atom. The molecule has 1 saturated heterocycles. The second-order valence-corrected chi connectivity index (χ2v) is 8.31. The second-order valence-electron chi connectivity index (χ2n) is 7.45. The zero-order chi connectivity index (χ0) is 22.8. The van der Waals surface area contributed by atoms with E-state index in [1.54, 1.807) is 36.4 Å². The molecule has 5 nitrogen and oxygen atoms in total. The summed E-state index contributed by atoms with van der Waals surface area (Å²) in [5.41, 5.74) is 3.48. The lowest BCUT2D eigenvalue weighted by molar-refractivity contribution is -0.122. The van der Waals surface area contributed by atoms with Crippen LogP contribution in [-0.4, -0.2) is 17.8 Å². The molecule has 1 aliphatic heterocycles. The lowest BCUT2D eigenvalue weighted by atomic mass is 10.0. The summed E-state index contributed by atoms with van der Waals surface area (Å²) in [5, 5.41) is 2.22. The zero-order valence-electron chi connectivity index (χ0n) is 17.1. The Balaban J connectivity index is 1.63. The van der Waals surface area contributed by atoms with E-state index in [1.807, 2.05) is 25.1 Å². The topological polar surface area (TPSA) is 66.5 Å². The molecule has 0 saturated carbocycles.